The van der Waals surface area contributed by atoms with Crippen LogP contribution >= 0.6 is 0 Å². The van der Waals surface area contributed by atoms with E-state index in [2.05, 4.69) is 10.4 Å². The number of benzene rings is 1. The molecule has 2 amide bonds. The molecule has 2 aliphatic rings. The molecule has 4 rings (SSSR count). The number of rotatable bonds is 4. The van der Waals surface area contributed by atoms with E-state index in [0.29, 0.717) is 13.1 Å². The Morgan fingerprint density at radius 3 is 2.71 bits per heavy atom. The van der Waals surface area contributed by atoms with Gasteiger partial charge >= 0.3 is 6.09 Å². The molecule has 28 heavy (non-hydrogen) atoms. The number of aryl methyl sites for hydroxylation is 1. The first kappa shape index (κ1) is 18.2. The zero-order chi connectivity index (χ0) is 20.0. The largest absolute Gasteiger partial charge is 0.442 e. The number of aromatic nitrogens is 2. The van der Waals surface area contributed by atoms with Gasteiger partial charge in [0, 0.05) is 44.4 Å². The maximum atomic E-state index is 14.8. The molecule has 1 atom stereocenters. The molecule has 0 saturated carbocycles. The van der Waals surface area contributed by atoms with Gasteiger partial charge in [0.05, 0.1) is 36.7 Å². The average molecular weight is 391 g/mol. The molecule has 148 valence electrons. The lowest BCUT2D eigenvalue weighted by molar-refractivity contribution is -0.119. The number of carbonyl (C=O) groups is 2. The fourth-order valence-corrected chi connectivity index (χ4v) is 3.52. The molecule has 1 N–H and O–H groups in total. The summed E-state index contributed by atoms with van der Waals surface area (Å²) >= 11 is 0. The number of anilines is 2. The van der Waals surface area contributed by atoms with Crippen LogP contribution in [0.3, 0.4) is 0 Å². The quantitative estimate of drug-likeness (QED) is 0.858. The first-order valence-corrected chi connectivity index (χ1v) is 8.80. The Labute approximate surface area is 159 Å². The highest BCUT2D eigenvalue weighted by atomic mass is 19.1. The fourth-order valence-electron chi connectivity index (χ4n) is 3.52. The number of nitrogens with zero attached hydrogens (tertiary/aromatic N) is 4. The van der Waals surface area contributed by atoms with Gasteiger partial charge in [0.15, 0.2) is 0 Å². The molecule has 0 spiro atoms. The summed E-state index contributed by atoms with van der Waals surface area (Å²) in [6, 6.07) is 2.09. The van der Waals surface area contributed by atoms with Crippen LogP contribution in [0.1, 0.15) is 18.2 Å². The van der Waals surface area contributed by atoms with E-state index in [-0.39, 0.29) is 30.4 Å². The number of carbonyl (C=O) groups excluding carboxylic acids is 2. The van der Waals surface area contributed by atoms with Crippen molar-refractivity contribution in [3.05, 3.63) is 41.2 Å². The first-order valence-electron chi connectivity index (χ1n) is 8.80. The minimum Gasteiger partial charge on any atom is -0.442 e. The van der Waals surface area contributed by atoms with Crippen LogP contribution in [-0.2, 0) is 29.7 Å². The molecule has 0 radical (unpaired) electrons. The molecule has 8 nitrogen and oxygen atoms in total. The number of hydrogen-bond acceptors (Lipinski definition) is 5. The van der Waals surface area contributed by atoms with E-state index in [1.807, 2.05) is 13.2 Å². The second-order valence-corrected chi connectivity index (χ2v) is 6.94. The highest BCUT2D eigenvalue weighted by Gasteiger charge is 2.35. The molecule has 1 saturated heterocycles. The predicted molar refractivity (Wildman–Crippen MR) is 95.8 cm³/mol. The van der Waals surface area contributed by atoms with Gasteiger partial charge in [-0.1, -0.05) is 0 Å². The van der Waals surface area contributed by atoms with Gasteiger partial charge in [-0.2, -0.15) is 5.10 Å². The Bertz CT molecular complexity index is 937. The number of hydrogen-bond donors (Lipinski definition) is 1. The second-order valence-electron chi connectivity index (χ2n) is 6.94. The summed E-state index contributed by atoms with van der Waals surface area (Å²) in [4.78, 5) is 25.8. The van der Waals surface area contributed by atoms with Crippen molar-refractivity contribution >= 4 is 23.4 Å². The molecule has 2 aromatic rings. The number of ether oxygens (including phenoxy) is 1. The lowest BCUT2D eigenvalue weighted by Crippen LogP contribution is -2.33. The smallest absolute Gasteiger partial charge is 0.414 e. The highest BCUT2D eigenvalue weighted by Crippen LogP contribution is 2.34. The summed E-state index contributed by atoms with van der Waals surface area (Å²) in [5, 5.41) is 6.84. The van der Waals surface area contributed by atoms with Gasteiger partial charge in [-0.3, -0.25) is 14.4 Å². The van der Waals surface area contributed by atoms with Gasteiger partial charge in [-0.05, 0) is 0 Å². The van der Waals surface area contributed by atoms with Crippen molar-refractivity contribution < 1.29 is 23.1 Å². The SMILES string of the molecule is CC(=O)NC[C@H]1CN(c2cc(F)c(N3Cc4cn(C)nc4C3)cc2F)C(=O)O1. The molecule has 1 aromatic carbocycles. The van der Waals surface area contributed by atoms with Crippen LogP contribution in [0.4, 0.5) is 25.0 Å². The van der Waals surface area contributed by atoms with Crippen LogP contribution in [-0.4, -0.2) is 41.0 Å². The normalized spacial score (nSPS) is 18.4. The lowest BCUT2D eigenvalue weighted by Gasteiger charge is -2.21. The molecule has 0 aliphatic carbocycles. The van der Waals surface area contributed by atoms with Gasteiger partial charge in [-0.25, -0.2) is 13.6 Å². The minimum atomic E-state index is -0.778. The molecule has 0 unspecified atom stereocenters. The van der Waals surface area contributed by atoms with Crippen molar-refractivity contribution in [2.45, 2.75) is 26.1 Å². The third-order valence-corrected chi connectivity index (χ3v) is 4.79. The summed E-state index contributed by atoms with van der Waals surface area (Å²) in [7, 11) is 1.81. The van der Waals surface area contributed by atoms with E-state index in [9.17, 15) is 18.4 Å². The predicted octanol–water partition coefficient (Wildman–Crippen LogP) is 1.68. The summed E-state index contributed by atoms with van der Waals surface area (Å²) in [5.74, 6) is -1.62. The molecule has 2 aliphatic heterocycles. The summed E-state index contributed by atoms with van der Waals surface area (Å²) < 4.78 is 36.3. The molecule has 1 aromatic heterocycles. The van der Waals surface area contributed by atoms with Gasteiger partial charge in [0.1, 0.15) is 17.7 Å². The fraction of sp³-hybridized carbons (Fsp3) is 0.389. The van der Waals surface area contributed by atoms with Crippen LogP contribution in [0.5, 0.6) is 0 Å². The Hall–Kier alpha value is -3.17. The van der Waals surface area contributed by atoms with E-state index < -0.39 is 23.8 Å². The average Bonchev–Trinajstić information content (AvgIpc) is 3.27. The topological polar surface area (TPSA) is 79.7 Å². The van der Waals surface area contributed by atoms with Crippen molar-refractivity contribution in [1.29, 1.82) is 0 Å². The maximum absolute atomic E-state index is 14.8. The third kappa shape index (κ3) is 3.25. The van der Waals surface area contributed by atoms with Crippen molar-refractivity contribution in [2.75, 3.05) is 22.9 Å². The van der Waals surface area contributed by atoms with Gasteiger partial charge in [0.2, 0.25) is 5.91 Å². The third-order valence-electron chi connectivity index (χ3n) is 4.79. The van der Waals surface area contributed by atoms with Crippen molar-refractivity contribution in [1.82, 2.24) is 15.1 Å². The van der Waals surface area contributed by atoms with Crippen molar-refractivity contribution in [3.8, 4) is 0 Å². The van der Waals surface area contributed by atoms with E-state index in [1.54, 1.807) is 9.58 Å². The molecule has 1 fully saturated rings. The molecule has 10 heteroatoms. The second kappa shape index (κ2) is 6.77. The zero-order valence-electron chi connectivity index (χ0n) is 15.4. The Morgan fingerprint density at radius 1 is 1.29 bits per heavy atom. The van der Waals surface area contributed by atoms with E-state index in [4.69, 9.17) is 4.74 Å². The number of halogens is 2. The number of fused-ring (bicyclic) bond motifs is 1. The van der Waals surface area contributed by atoms with E-state index in [0.717, 1.165) is 28.3 Å². The lowest BCUT2D eigenvalue weighted by atomic mass is 10.2. The summed E-state index contributed by atoms with van der Waals surface area (Å²) in [5.41, 5.74) is 1.72. The zero-order valence-corrected chi connectivity index (χ0v) is 15.4. The van der Waals surface area contributed by atoms with Gasteiger partial charge < -0.3 is 15.0 Å². The Kier molecular flexibility index (Phi) is 4.40. The van der Waals surface area contributed by atoms with Gasteiger partial charge in [-0.15, -0.1) is 0 Å². The molecule has 3 heterocycles. The van der Waals surface area contributed by atoms with Crippen molar-refractivity contribution in [2.24, 2.45) is 7.05 Å². The van der Waals surface area contributed by atoms with Crippen LogP contribution in [0.2, 0.25) is 0 Å². The van der Waals surface area contributed by atoms with Crippen molar-refractivity contribution in [3.63, 3.8) is 0 Å². The minimum absolute atomic E-state index is 0.0224. The Balaban J connectivity index is 1.52. The molecular weight excluding hydrogens is 372 g/mol. The highest BCUT2D eigenvalue weighted by molar-refractivity contribution is 5.90. The van der Waals surface area contributed by atoms with Crippen LogP contribution in [0.15, 0.2) is 18.3 Å². The molecule has 0 bridgehead atoms. The van der Waals surface area contributed by atoms with E-state index in [1.165, 1.54) is 6.92 Å². The van der Waals surface area contributed by atoms with Crippen LogP contribution in [0.25, 0.3) is 0 Å². The maximum Gasteiger partial charge on any atom is 0.414 e. The summed E-state index contributed by atoms with van der Waals surface area (Å²) in [6.45, 7) is 2.29. The standard InChI is InChI=1S/C18H19F2N5O3/c1-10(26)21-5-12-8-25(18(27)28-12)17-4-13(19)16(3-14(17)20)24-7-11-6-23(2)22-15(11)9-24/h3-4,6,12H,5,7-9H2,1-2H3,(H,21,26)/t12-/m0/s1. The van der Waals surface area contributed by atoms with Crippen LogP contribution < -0.4 is 15.1 Å². The number of cyclic esters (lactones) is 1. The Morgan fingerprint density at radius 2 is 2.00 bits per heavy atom. The van der Waals surface area contributed by atoms with Crippen LogP contribution in [0, 0.1) is 11.6 Å². The monoisotopic (exact) mass is 391 g/mol. The number of nitrogens with one attached hydrogen (secondary N) is 1. The van der Waals surface area contributed by atoms with E-state index >= 15 is 0 Å². The number of amides is 2. The first-order chi connectivity index (χ1) is 13.3. The summed E-state index contributed by atoms with van der Waals surface area (Å²) in [6.07, 6.45) is 0.450. The van der Waals surface area contributed by atoms with Gasteiger partial charge in [0.25, 0.3) is 0 Å². The molecular formula is C18H19F2N5O3.